The van der Waals surface area contributed by atoms with Crippen molar-refractivity contribution < 1.29 is 17.9 Å². The second-order valence-electron chi connectivity index (χ2n) is 5.97. The van der Waals surface area contributed by atoms with Crippen molar-refractivity contribution in [2.75, 3.05) is 18.5 Å². The molecule has 0 bridgehead atoms. The maximum atomic E-state index is 12.3. The first-order chi connectivity index (χ1) is 12.4. The van der Waals surface area contributed by atoms with Gasteiger partial charge in [0.05, 0.1) is 11.0 Å². The maximum absolute atomic E-state index is 12.3. The normalized spacial score (nSPS) is 17.2. The number of benzene rings is 2. The molecule has 8 heteroatoms. The van der Waals surface area contributed by atoms with Crippen LogP contribution in [0.25, 0.3) is 0 Å². The molecule has 0 saturated carbocycles. The zero-order chi connectivity index (χ0) is 18.6. The number of rotatable bonds is 6. The second-order valence-corrected chi connectivity index (χ2v) is 8.65. The highest BCUT2D eigenvalue weighted by Gasteiger charge is 2.20. The number of ether oxygens (including phenoxy) is 1. The van der Waals surface area contributed by atoms with Crippen LogP contribution in [-0.2, 0) is 14.8 Å². The van der Waals surface area contributed by atoms with Crippen LogP contribution in [0.4, 0.5) is 5.69 Å². The van der Waals surface area contributed by atoms with E-state index in [0.717, 1.165) is 17.3 Å². The van der Waals surface area contributed by atoms with Crippen LogP contribution in [0, 0.1) is 0 Å². The smallest absolute Gasteiger partial charge is 0.255 e. The van der Waals surface area contributed by atoms with Gasteiger partial charge in [0.25, 0.3) is 5.91 Å². The largest absolute Gasteiger partial charge is 0.377 e. The molecule has 1 fully saturated rings. The molecule has 138 valence electrons. The topological polar surface area (TPSA) is 84.5 Å². The van der Waals surface area contributed by atoms with Gasteiger partial charge in [0.15, 0.2) is 0 Å². The fraction of sp³-hybridized carbons (Fsp3) is 0.278. The molecule has 1 aliphatic rings. The van der Waals surface area contributed by atoms with Gasteiger partial charge in [-0.25, -0.2) is 13.1 Å². The molecule has 2 aromatic rings. The van der Waals surface area contributed by atoms with Crippen LogP contribution in [0.5, 0.6) is 0 Å². The molecule has 0 unspecified atom stereocenters. The molecule has 1 atom stereocenters. The average molecular weight is 439 g/mol. The molecular formula is C18H19BrN2O4S. The highest BCUT2D eigenvalue weighted by Crippen LogP contribution is 2.17. The van der Waals surface area contributed by atoms with Gasteiger partial charge in [-0.05, 0) is 61.4 Å². The quantitative estimate of drug-likeness (QED) is 0.725. The van der Waals surface area contributed by atoms with Gasteiger partial charge in [0.2, 0.25) is 10.0 Å². The van der Waals surface area contributed by atoms with E-state index in [1.54, 1.807) is 12.1 Å². The van der Waals surface area contributed by atoms with E-state index in [4.69, 9.17) is 4.74 Å². The van der Waals surface area contributed by atoms with Crippen LogP contribution < -0.4 is 10.0 Å². The first-order valence-electron chi connectivity index (χ1n) is 8.22. The summed E-state index contributed by atoms with van der Waals surface area (Å²) in [5, 5.41) is 2.76. The Labute approximate surface area is 161 Å². The van der Waals surface area contributed by atoms with E-state index in [1.165, 1.54) is 24.3 Å². The van der Waals surface area contributed by atoms with Crippen molar-refractivity contribution in [1.29, 1.82) is 0 Å². The third kappa shape index (κ3) is 4.91. The van der Waals surface area contributed by atoms with Crippen molar-refractivity contribution in [3.05, 3.63) is 58.6 Å². The lowest BCUT2D eigenvalue weighted by atomic mass is 10.2. The van der Waals surface area contributed by atoms with Gasteiger partial charge in [-0.3, -0.25) is 4.79 Å². The van der Waals surface area contributed by atoms with E-state index in [1.807, 2.05) is 12.1 Å². The van der Waals surface area contributed by atoms with Crippen molar-refractivity contribution >= 4 is 37.5 Å². The van der Waals surface area contributed by atoms with Crippen LogP contribution in [0.1, 0.15) is 23.2 Å². The standard InChI is InChI=1S/C18H19BrN2O4S/c19-14-5-7-15(8-6-14)21-18(22)13-3-9-17(10-4-13)26(23,24)20-12-16-2-1-11-25-16/h3-10,16,20H,1-2,11-12H2,(H,21,22)/t16-/m1/s1. The molecular weight excluding hydrogens is 420 g/mol. The monoisotopic (exact) mass is 438 g/mol. The summed E-state index contributed by atoms with van der Waals surface area (Å²) in [5.41, 5.74) is 1.04. The zero-order valence-electron chi connectivity index (χ0n) is 13.9. The first kappa shape index (κ1) is 19.0. The van der Waals surface area contributed by atoms with E-state index in [9.17, 15) is 13.2 Å². The van der Waals surface area contributed by atoms with Gasteiger partial charge >= 0.3 is 0 Å². The number of halogens is 1. The van der Waals surface area contributed by atoms with E-state index in [-0.39, 0.29) is 23.5 Å². The number of hydrogen-bond acceptors (Lipinski definition) is 4. The molecule has 26 heavy (non-hydrogen) atoms. The fourth-order valence-electron chi connectivity index (χ4n) is 2.61. The summed E-state index contributed by atoms with van der Waals surface area (Å²) in [5.74, 6) is -0.302. The number of carbonyl (C=O) groups excluding carboxylic acids is 1. The van der Waals surface area contributed by atoms with Gasteiger partial charge in [-0.1, -0.05) is 15.9 Å². The molecule has 0 radical (unpaired) electrons. The van der Waals surface area contributed by atoms with Crippen LogP contribution in [0.3, 0.4) is 0 Å². The third-order valence-electron chi connectivity index (χ3n) is 4.05. The molecule has 2 N–H and O–H groups in total. The van der Waals surface area contributed by atoms with Gasteiger partial charge in [0.1, 0.15) is 0 Å². The van der Waals surface area contributed by atoms with Crippen molar-refractivity contribution in [3.63, 3.8) is 0 Å². The number of carbonyl (C=O) groups is 1. The number of sulfonamides is 1. The van der Waals surface area contributed by atoms with E-state index in [0.29, 0.717) is 17.9 Å². The number of amides is 1. The van der Waals surface area contributed by atoms with Crippen molar-refractivity contribution in [2.45, 2.75) is 23.8 Å². The van der Waals surface area contributed by atoms with Crippen molar-refractivity contribution in [1.82, 2.24) is 4.72 Å². The lowest BCUT2D eigenvalue weighted by Gasteiger charge is -2.12. The van der Waals surface area contributed by atoms with Gasteiger partial charge in [-0.15, -0.1) is 0 Å². The third-order valence-corrected chi connectivity index (χ3v) is 6.02. The molecule has 1 aliphatic heterocycles. The van der Waals surface area contributed by atoms with Crippen LogP contribution in [-0.4, -0.2) is 33.6 Å². The predicted molar refractivity (Wildman–Crippen MR) is 103 cm³/mol. The molecule has 6 nitrogen and oxygen atoms in total. The maximum Gasteiger partial charge on any atom is 0.255 e. The average Bonchev–Trinajstić information content (AvgIpc) is 3.16. The second kappa shape index (κ2) is 8.30. The van der Waals surface area contributed by atoms with Crippen molar-refractivity contribution in [2.24, 2.45) is 0 Å². The number of anilines is 1. The summed E-state index contributed by atoms with van der Waals surface area (Å²) >= 11 is 3.33. The molecule has 3 rings (SSSR count). The Morgan fingerprint density at radius 3 is 2.42 bits per heavy atom. The Hall–Kier alpha value is -1.74. The Balaban J connectivity index is 1.63. The van der Waals surface area contributed by atoms with E-state index in [2.05, 4.69) is 26.0 Å². The van der Waals surface area contributed by atoms with E-state index >= 15 is 0 Å². The van der Waals surface area contributed by atoms with Crippen molar-refractivity contribution in [3.8, 4) is 0 Å². The van der Waals surface area contributed by atoms with Gasteiger partial charge in [-0.2, -0.15) is 0 Å². The summed E-state index contributed by atoms with van der Waals surface area (Å²) in [7, 11) is -3.62. The molecule has 1 saturated heterocycles. The highest BCUT2D eigenvalue weighted by atomic mass is 79.9. The van der Waals surface area contributed by atoms with Crippen LogP contribution in [0.2, 0.25) is 0 Å². The Morgan fingerprint density at radius 1 is 1.12 bits per heavy atom. The highest BCUT2D eigenvalue weighted by molar-refractivity contribution is 9.10. The van der Waals surface area contributed by atoms with Gasteiger partial charge in [0, 0.05) is 28.9 Å². The molecule has 2 aromatic carbocycles. The molecule has 0 aliphatic carbocycles. The lowest BCUT2D eigenvalue weighted by Crippen LogP contribution is -2.31. The molecule has 1 amide bonds. The summed E-state index contributed by atoms with van der Waals surface area (Å²) in [6.45, 7) is 0.933. The zero-order valence-corrected chi connectivity index (χ0v) is 16.3. The number of nitrogens with one attached hydrogen (secondary N) is 2. The van der Waals surface area contributed by atoms with Gasteiger partial charge < -0.3 is 10.1 Å². The molecule has 1 heterocycles. The summed E-state index contributed by atoms with van der Waals surface area (Å²) in [4.78, 5) is 12.4. The van der Waals surface area contributed by atoms with Crippen LogP contribution in [0.15, 0.2) is 57.9 Å². The first-order valence-corrected chi connectivity index (χ1v) is 10.5. The van der Waals surface area contributed by atoms with E-state index < -0.39 is 10.0 Å². The lowest BCUT2D eigenvalue weighted by molar-refractivity contribution is 0.102. The SMILES string of the molecule is O=C(Nc1ccc(Br)cc1)c1ccc(S(=O)(=O)NC[C@H]2CCCO2)cc1. The number of hydrogen-bond donors (Lipinski definition) is 2. The minimum absolute atomic E-state index is 0.0688. The predicted octanol–water partition coefficient (Wildman–Crippen LogP) is 3.16. The van der Waals surface area contributed by atoms with Crippen LogP contribution >= 0.6 is 15.9 Å². The summed E-state index contributed by atoms with van der Waals surface area (Å²) < 4.78 is 33.5. The Bertz CT molecular complexity index is 861. The fourth-order valence-corrected chi connectivity index (χ4v) is 3.94. The summed E-state index contributed by atoms with van der Waals surface area (Å²) in [6, 6.07) is 13.0. The summed E-state index contributed by atoms with van der Waals surface area (Å²) in [6.07, 6.45) is 1.74. The molecule has 0 spiro atoms. The minimum Gasteiger partial charge on any atom is -0.377 e. The Morgan fingerprint density at radius 2 is 1.81 bits per heavy atom. The minimum atomic E-state index is -3.62. The Kier molecular flexibility index (Phi) is 6.08. The molecule has 0 aromatic heterocycles.